The average molecular weight is 453 g/mol. The van der Waals surface area contributed by atoms with Gasteiger partial charge in [-0.2, -0.15) is 0 Å². The SMILES string of the molecule is Cc1nc(OC(C)C)ccc1C(=O)C(NC(=O)OC(C)(C)C)c1ccc(Cl)c(Cl)c1. The number of benzene rings is 1. The number of rotatable bonds is 6. The summed E-state index contributed by atoms with van der Waals surface area (Å²) in [5.74, 6) is 0.0607. The zero-order chi connectivity index (χ0) is 22.6. The van der Waals surface area contributed by atoms with E-state index in [9.17, 15) is 9.59 Å². The molecule has 1 aromatic heterocycles. The van der Waals surface area contributed by atoms with Crippen LogP contribution in [0.4, 0.5) is 4.79 Å². The second kappa shape index (κ2) is 9.67. The number of nitrogens with one attached hydrogen (secondary N) is 1. The fraction of sp³-hybridized carbons (Fsp3) is 0.409. The summed E-state index contributed by atoms with van der Waals surface area (Å²) in [4.78, 5) is 30.1. The molecule has 6 nitrogen and oxygen atoms in total. The van der Waals surface area contributed by atoms with Crippen LogP contribution in [0.1, 0.15) is 62.3 Å². The Morgan fingerprint density at radius 3 is 2.27 bits per heavy atom. The van der Waals surface area contributed by atoms with Crippen molar-refractivity contribution >= 4 is 35.1 Å². The van der Waals surface area contributed by atoms with Crippen LogP contribution in [0.2, 0.25) is 10.0 Å². The molecule has 30 heavy (non-hydrogen) atoms. The van der Waals surface area contributed by atoms with Gasteiger partial charge in [0, 0.05) is 11.6 Å². The number of Topliss-reactive ketones (excluding diaryl/α,β-unsaturated/α-hetero) is 1. The standard InChI is InChI=1S/C22H26Cl2N2O4/c1-12(2)29-18-10-8-15(13(3)25-18)20(27)19(26-21(28)30-22(4,5)6)14-7-9-16(23)17(24)11-14/h7-12,19H,1-6H3,(H,26,28). The van der Waals surface area contributed by atoms with Crippen molar-refractivity contribution in [1.82, 2.24) is 10.3 Å². The highest BCUT2D eigenvalue weighted by Gasteiger charge is 2.28. The Morgan fingerprint density at radius 2 is 1.73 bits per heavy atom. The Balaban J connectivity index is 2.41. The van der Waals surface area contributed by atoms with E-state index >= 15 is 0 Å². The largest absolute Gasteiger partial charge is 0.475 e. The van der Waals surface area contributed by atoms with Gasteiger partial charge >= 0.3 is 6.09 Å². The van der Waals surface area contributed by atoms with E-state index < -0.39 is 17.7 Å². The van der Waals surface area contributed by atoms with Gasteiger partial charge < -0.3 is 14.8 Å². The van der Waals surface area contributed by atoms with Gasteiger partial charge in [0.25, 0.3) is 0 Å². The fourth-order valence-electron chi connectivity index (χ4n) is 2.68. The topological polar surface area (TPSA) is 77.5 Å². The molecule has 1 amide bonds. The highest BCUT2D eigenvalue weighted by atomic mass is 35.5. The number of halogens is 2. The van der Waals surface area contributed by atoms with Crippen LogP contribution in [0, 0.1) is 6.92 Å². The number of hydrogen-bond acceptors (Lipinski definition) is 5. The average Bonchev–Trinajstić information content (AvgIpc) is 2.60. The summed E-state index contributed by atoms with van der Waals surface area (Å²) >= 11 is 12.1. The smallest absolute Gasteiger partial charge is 0.408 e. The molecule has 2 rings (SSSR count). The summed E-state index contributed by atoms with van der Waals surface area (Å²) in [6.45, 7) is 10.7. The molecule has 1 N–H and O–H groups in total. The number of nitrogens with zero attached hydrogens (tertiary/aromatic N) is 1. The molecule has 0 saturated carbocycles. The predicted octanol–water partition coefficient (Wildman–Crippen LogP) is 5.93. The monoisotopic (exact) mass is 452 g/mol. The molecule has 2 aromatic rings. The number of carbonyl (C=O) groups excluding carboxylic acids is 2. The quantitative estimate of drug-likeness (QED) is 0.549. The predicted molar refractivity (Wildman–Crippen MR) is 118 cm³/mol. The van der Waals surface area contributed by atoms with Gasteiger partial charge in [-0.1, -0.05) is 29.3 Å². The summed E-state index contributed by atoms with van der Waals surface area (Å²) in [5, 5.41) is 3.25. The van der Waals surface area contributed by atoms with Crippen molar-refractivity contribution in [3.8, 4) is 5.88 Å². The van der Waals surface area contributed by atoms with E-state index in [1.54, 1.807) is 58.0 Å². The van der Waals surface area contributed by atoms with Gasteiger partial charge in [-0.25, -0.2) is 9.78 Å². The van der Waals surface area contributed by atoms with Crippen molar-refractivity contribution in [2.75, 3.05) is 0 Å². The van der Waals surface area contributed by atoms with E-state index in [-0.39, 0.29) is 16.9 Å². The normalized spacial score (nSPS) is 12.4. The Kier molecular flexibility index (Phi) is 7.72. The summed E-state index contributed by atoms with van der Waals surface area (Å²) in [6.07, 6.45) is -0.770. The molecule has 1 unspecified atom stereocenters. The van der Waals surface area contributed by atoms with Crippen LogP contribution in [-0.2, 0) is 4.74 Å². The van der Waals surface area contributed by atoms with Crippen LogP contribution >= 0.6 is 23.2 Å². The van der Waals surface area contributed by atoms with E-state index in [0.717, 1.165) is 0 Å². The second-order valence-corrected chi connectivity index (χ2v) is 8.88. The molecule has 1 heterocycles. The fourth-order valence-corrected chi connectivity index (χ4v) is 2.99. The molecule has 0 fully saturated rings. The minimum Gasteiger partial charge on any atom is -0.475 e. The molecule has 1 atom stereocenters. The van der Waals surface area contributed by atoms with Crippen molar-refractivity contribution < 1.29 is 19.1 Å². The third-order valence-corrected chi connectivity index (χ3v) is 4.62. The molecular formula is C22H26Cl2N2O4. The Hall–Kier alpha value is -2.31. The number of ketones is 1. The number of ether oxygens (including phenoxy) is 2. The third kappa shape index (κ3) is 6.61. The molecule has 0 radical (unpaired) electrons. The molecule has 0 bridgehead atoms. The minimum atomic E-state index is -1.04. The number of pyridine rings is 1. The van der Waals surface area contributed by atoms with Crippen LogP contribution < -0.4 is 10.1 Å². The molecule has 0 aliphatic carbocycles. The molecule has 0 spiro atoms. The van der Waals surface area contributed by atoms with Crippen molar-refractivity contribution in [2.24, 2.45) is 0 Å². The molecule has 1 aromatic carbocycles. The van der Waals surface area contributed by atoms with Crippen molar-refractivity contribution in [3.05, 3.63) is 57.2 Å². The van der Waals surface area contributed by atoms with E-state index in [0.29, 0.717) is 27.7 Å². The first-order valence-corrected chi connectivity index (χ1v) is 10.3. The third-order valence-electron chi connectivity index (χ3n) is 3.88. The molecular weight excluding hydrogens is 427 g/mol. The number of amides is 1. The first-order valence-electron chi connectivity index (χ1n) is 9.50. The van der Waals surface area contributed by atoms with Gasteiger partial charge in [0.05, 0.1) is 21.8 Å². The lowest BCUT2D eigenvalue weighted by Crippen LogP contribution is -2.38. The van der Waals surface area contributed by atoms with Crippen molar-refractivity contribution in [2.45, 2.75) is 59.3 Å². The zero-order valence-corrected chi connectivity index (χ0v) is 19.4. The first kappa shape index (κ1) is 24.0. The second-order valence-electron chi connectivity index (χ2n) is 8.07. The van der Waals surface area contributed by atoms with Crippen LogP contribution in [0.5, 0.6) is 5.88 Å². The summed E-state index contributed by atoms with van der Waals surface area (Å²) in [7, 11) is 0. The van der Waals surface area contributed by atoms with Crippen molar-refractivity contribution in [1.29, 1.82) is 0 Å². The number of aryl methyl sites for hydroxylation is 1. The molecule has 8 heteroatoms. The number of hydrogen-bond donors (Lipinski definition) is 1. The van der Waals surface area contributed by atoms with Crippen LogP contribution in [0.25, 0.3) is 0 Å². The van der Waals surface area contributed by atoms with Gasteiger partial charge in [0.15, 0.2) is 5.78 Å². The van der Waals surface area contributed by atoms with E-state index in [4.69, 9.17) is 32.7 Å². The number of aromatic nitrogens is 1. The zero-order valence-electron chi connectivity index (χ0n) is 17.9. The molecule has 162 valence electrons. The highest BCUT2D eigenvalue weighted by Crippen LogP contribution is 2.28. The van der Waals surface area contributed by atoms with E-state index in [1.807, 2.05) is 13.8 Å². The summed E-state index contributed by atoms with van der Waals surface area (Å²) in [5.41, 5.74) is 0.581. The van der Waals surface area contributed by atoms with Crippen LogP contribution in [0.15, 0.2) is 30.3 Å². The van der Waals surface area contributed by atoms with Crippen molar-refractivity contribution in [3.63, 3.8) is 0 Å². The van der Waals surface area contributed by atoms with Gasteiger partial charge in [-0.15, -0.1) is 0 Å². The Morgan fingerprint density at radius 1 is 1.07 bits per heavy atom. The summed E-state index contributed by atoms with van der Waals surface area (Å²) in [6, 6.07) is 6.97. The lowest BCUT2D eigenvalue weighted by Gasteiger charge is -2.24. The maximum absolute atomic E-state index is 13.4. The van der Waals surface area contributed by atoms with Crippen LogP contribution in [0.3, 0.4) is 0 Å². The molecule has 0 saturated heterocycles. The van der Waals surface area contributed by atoms with Gasteiger partial charge in [0.1, 0.15) is 11.6 Å². The lowest BCUT2D eigenvalue weighted by molar-refractivity contribution is 0.0490. The lowest BCUT2D eigenvalue weighted by atomic mass is 9.96. The molecule has 0 aliphatic heterocycles. The maximum atomic E-state index is 13.4. The van der Waals surface area contributed by atoms with E-state index in [1.165, 1.54) is 0 Å². The number of alkyl carbamates (subject to hydrolysis) is 1. The Bertz CT molecular complexity index is 939. The number of carbonyl (C=O) groups is 2. The van der Waals surface area contributed by atoms with Crippen LogP contribution in [-0.4, -0.2) is 28.6 Å². The minimum absolute atomic E-state index is 0.0451. The Labute approximate surface area is 186 Å². The maximum Gasteiger partial charge on any atom is 0.408 e. The summed E-state index contributed by atoms with van der Waals surface area (Å²) < 4.78 is 10.9. The highest BCUT2D eigenvalue weighted by molar-refractivity contribution is 6.42. The van der Waals surface area contributed by atoms with Gasteiger partial charge in [-0.3, -0.25) is 4.79 Å². The van der Waals surface area contributed by atoms with Gasteiger partial charge in [-0.05, 0) is 65.3 Å². The molecule has 0 aliphatic rings. The first-order chi connectivity index (χ1) is 13.9. The van der Waals surface area contributed by atoms with E-state index in [2.05, 4.69) is 10.3 Å². The van der Waals surface area contributed by atoms with Gasteiger partial charge in [0.2, 0.25) is 5.88 Å².